The average molecular weight is 539 g/mol. The molecular weight excluding hydrogens is 498 g/mol. The second-order valence-corrected chi connectivity index (χ2v) is 9.96. The normalized spacial score (nSPS) is 16.7. The molecule has 0 spiro atoms. The molecule has 6 nitrogen and oxygen atoms in total. The zero-order valence-electron chi connectivity index (χ0n) is 23.7. The molecule has 1 amide bonds. The van der Waals surface area contributed by atoms with Crippen LogP contribution in [0, 0.1) is 6.07 Å². The highest BCUT2D eigenvalue weighted by Crippen LogP contribution is 2.29. The van der Waals surface area contributed by atoms with Gasteiger partial charge in [-0.25, -0.2) is 0 Å². The Balaban J connectivity index is 0.00000103. The molecule has 6 heteroatoms. The molecule has 0 radical (unpaired) electrons. The first-order valence-electron chi connectivity index (χ1n) is 13.7. The van der Waals surface area contributed by atoms with Crippen LogP contribution in [0.3, 0.4) is 0 Å². The average Bonchev–Trinajstić information content (AvgIpc) is 2.92. The van der Waals surface area contributed by atoms with Crippen molar-refractivity contribution in [1.82, 2.24) is 5.32 Å². The standard InChI is InChI=1S/C31H31N3O2.C3H8O/c1-23(25-12-6-3-7-13-25)33-31(36)30(28-16-10-5-11-21-32-22-28)34(24(2)35)29-19-17-27(18-20-29)26-14-8-4-9-15-26;1-3(2)4/h3-10,12-15,17-20,22-24,30,35H,11,16H2,1-2H3;3-4H,1-2H3/p+1/b10-5-,28-22+;/t23-,24?,30+;/m0./s1. The van der Waals surface area contributed by atoms with Crippen LogP contribution in [0.2, 0.25) is 0 Å². The van der Waals surface area contributed by atoms with Gasteiger partial charge in [0.15, 0.2) is 0 Å². The molecule has 3 N–H and O–H groups in total. The lowest BCUT2D eigenvalue weighted by atomic mass is 9.98. The van der Waals surface area contributed by atoms with Gasteiger partial charge in [-0.3, -0.25) is 4.79 Å². The van der Waals surface area contributed by atoms with Gasteiger partial charge in [0.05, 0.1) is 6.04 Å². The van der Waals surface area contributed by atoms with Crippen LogP contribution in [0.15, 0.2) is 109 Å². The molecule has 0 aliphatic carbocycles. The van der Waals surface area contributed by atoms with Gasteiger partial charge in [-0.15, -0.1) is 0 Å². The molecule has 1 heterocycles. The number of amides is 1. The van der Waals surface area contributed by atoms with Gasteiger partial charge >= 0.3 is 6.20 Å². The summed E-state index contributed by atoms with van der Waals surface area (Å²) in [4.78, 5) is 19.9. The summed E-state index contributed by atoms with van der Waals surface area (Å²) in [6.07, 6.45) is 5.81. The van der Waals surface area contributed by atoms with E-state index in [0.29, 0.717) is 12.8 Å². The maximum Gasteiger partial charge on any atom is 0.307 e. The molecule has 40 heavy (non-hydrogen) atoms. The van der Waals surface area contributed by atoms with Gasteiger partial charge in [0.1, 0.15) is 18.7 Å². The lowest BCUT2D eigenvalue weighted by Crippen LogP contribution is -2.52. The quantitative estimate of drug-likeness (QED) is 0.220. The van der Waals surface area contributed by atoms with Crippen molar-refractivity contribution in [2.45, 2.75) is 65.0 Å². The Morgan fingerprint density at radius 2 is 1.43 bits per heavy atom. The summed E-state index contributed by atoms with van der Waals surface area (Å²) in [6, 6.07) is 29.9. The fourth-order valence-corrected chi connectivity index (χ4v) is 4.40. The van der Waals surface area contributed by atoms with Gasteiger partial charge in [-0.1, -0.05) is 84.9 Å². The summed E-state index contributed by atoms with van der Waals surface area (Å²) < 4.78 is 0. The maximum atomic E-state index is 13.8. The summed E-state index contributed by atoms with van der Waals surface area (Å²) in [5.41, 5.74) is 4.71. The number of hydrogen-bond acceptors (Lipinski definition) is 4. The topological polar surface area (TPSA) is 77.2 Å². The number of carbonyl (C=O) groups is 1. The molecule has 0 saturated heterocycles. The minimum absolute atomic E-state index is 0.167. The Morgan fingerprint density at radius 1 is 0.850 bits per heavy atom. The van der Waals surface area contributed by atoms with Crippen molar-refractivity contribution >= 4 is 11.6 Å². The third-order valence-electron chi connectivity index (χ3n) is 6.26. The minimum atomic E-state index is -0.918. The first kappa shape index (κ1) is 30.4. The number of aliphatic hydroxyl groups excluding tert-OH is 2. The van der Waals surface area contributed by atoms with Crippen molar-refractivity contribution in [3.05, 3.63) is 119 Å². The molecular formula is C34H40N3O3+. The first-order chi connectivity index (χ1) is 19.3. The molecule has 0 fully saturated rings. The molecule has 4 rings (SSSR count). The zero-order valence-corrected chi connectivity index (χ0v) is 23.7. The van der Waals surface area contributed by atoms with Crippen LogP contribution < -0.4 is 10.2 Å². The third kappa shape index (κ3) is 8.94. The minimum Gasteiger partial charge on any atom is -0.394 e. The monoisotopic (exact) mass is 538 g/mol. The summed E-state index contributed by atoms with van der Waals surface area (Å²) in [5, 5.41) is 22.1. The predicted octanol–water partition coefficient (Wildman–Crippen LogP) is 6.70. The van der Waals surface area contributed by atoms with Crippen LogP contribution >= 0.6 is 0 Å². The number of aliphatic hydroxyl groups is 2. The summed E-state index contributed by atoms with van der Waals surface area (Å²) in [5.74, 6) is -0.199. The van der Waals surface area contributed by atoms with Crippen LogP contribution in [-0.2, 0) is 4.79 Å². The molecule has 0 bridgehead atoms. The van der Waals surface area contributed by atoms with Crippen LogP contribution in [-0.4, -0.2) is 34.5 Å². The fourth-order valence-electron chi connectivity index (χ4n) is 4.40. The van der Waals surface area contributed by atoms with Crippen LogP contribution in [0.25, 0.3) is 16.0 Å². The Bertz CT molecular complexity index is 1320. The number of allylic oxidation sites excluding steroid dienone is 2. The number of rotatable bonds is 8. The van der Waals surface area contributed by atoms with Gasteiger partial charge in [0.25, 0.3) is 6.07 Å². The van der Waals surface area contributed by atoms with Gasteiger partial charge in [-0.2, -0.15) is 0 Å². The van der Waals surface area contributed by atoms with Crippen LogP contribution in [0.5, 0.6) is 0 Å². The third-order valence-corrected chi connectivity index (χ3v) is 6.26. The molecule has 0 aromatic heterocycles. The number of anilines is 1. The molecule has 3 aromatic carbocycles. The molecule has 3 atom stereocenters. The summed E-state index contributed by atoms with van der Waals surface area (Å²) in [7, 11) is 0. The van der Waals surface area contributed by atoms with Crippen molar-refractivity contribution < 1.29 is 15.0 Å². The Morgan fingerprint density at radius 3 is 2.02 bits per heavy atom. The van der Waals surface area contributed by atoms with Gasteiger partial charge < -0.3 is 20.4 Å². The second-order valence-electron chi connectivity index (χ2n) is 9.96. The van der Waals surface area contributed by atoms with Crippen LogP contribution in [0.1, 0.15) is 52.1 Å². The second kappa shape index (κ2) is 15.4. The van der Waals surface area contributed by atoms with Crippen molar-refractivity contribution in [2.75, 3.05) is 4.90 Å². The Labute approximate surface area is 238 Å². The Kier molecular flexibility index (Phi) is 11.7. The molecule has 0 saturated carbocycles. The van der Waals surface area contributed by atoms with E-state index in [1.807, 2.05) is 91.9 Å². The molecule has 208 valence electrons. The van der Waals surface area contributed by atoms with Gasteiger partial charge in [-0.05, 0) is 67.8 Å². The van der Waals surface area contributed by atoms with E-state index in [2.05, 4.69) is 28.4 Å². The maximum absolute atomic E-state index is 13.8. The van der Waals surface area contributed by atoms with E-state index in [0.717, 1.165) is 28.0 Å². The number of nitrogens with zero attached hydrogens (tertiary/aromatic N) is 2. The molecule has 1 aliphatic rings. The molecule has 1 aliphatic heterocycles. The number of carbonyl (C=O) groups excluding carboxylic acids is 1. The largest absolute Gasteiger partial charge is 0.394 e. The highest BCUT2D eigenvalue weighted by atomic mass is 16.3. The Hall–Kier alpha value is -4.18. The van der Waals surface area contributed by atoms with E-state index < -0.39 is 12.3 Å². The van der Waals surface area contributed by atoms with Crippen molar-refractivity contribution in [3.63, 3.8) is 0 Å². The first-order valence-corrected chi connectivity index (χ1v) is 13.7. The van der Waals surface area contributed by atoms with E-state index in [-0.39, 0.29) is 18.1 Å². The SMILES string of the molecule is CC(C)O.CC(O)N(c1ccc(-c2ccccc2)cc1)[C@@H](C(=O)N[C@@H](C)c1ccccc1)/C1=C/[N+]#CC/C=C\C1. The van der Waals surface area contributed by atoms with Gasteiger partial charge in [0.2, 0.25) is 5.91 Å². The van der Waals surface area contributed by atoms with E-state index in [1.165, 1.54) is 0 Å². The lowest BCUT2D eigenvalue weighted by molar-refractivity contribution is -0.122. The van der Waals surface area contributed by atoms with Crippen LogP contribution in [0.4, 0.5) is 5.69 Å². The smallest absolute Gasteiger partial charge is 0.307 e. The highest BCUT2D eigenvalue weighted by Gasteiger charge is 2.34. The van der Waals surface area contributed by atoms with E-state index in [4.69, 9.17) is 5.11 Å². The fraction of sp³-hybridized carbons (Fsp3) is 0.294. The predicted molar refractivity (Wildman–Crippen MR) is 164 cm³/mol. The van der Waals surface area contributed by atoms with E-state index >= 15 is 0 Å². The number of nitrogens with one attached hydrogen (secondary N) is 1. The number of hydrogen-bond donors (Lipinski definition) is 3. The zero-order chi connectivity index (χ0) is 28.9. The highest BCUT2D eigenvalue weighted by molar-refractivity contribution is 5.89. The van der Waals surface area contributed by atoms with Crippen molar-refractivity contribution in [1.29, 1.82) is 0 Å². The molecule has 1 unspecified atom stereocenters. The number of benzene rings is 3. The van der Waals surface area contributed by atoms with Gasteiger partial charge in [0, 0.05) is 17.4 Å². The van der Waals surface area contributed by atoms with E-state index in [1.54, 1.807) is 31.9 Å². The van der Waals surface area contributed by atoms with Crippen molar-refractivity contribution in [3.8, 4) is 17.2 Å². The van der Waals surface area contributed by atoms with Crippen molar-refractivity contribution in [2.24, 2.45) is 0 Å². The van der Waals surface area contributed by atoms with E-state index in [9.17, 15) is 9.90 Å². The summed E-state index contributed by atoms with van der Waals surface area (Å²) in [6.45, 7) is 7.09. The lowest BCUT2D eigenvalue weighted by Gasteiger charge is -2.36. The molecule has 3 aromatic rings. The summed E-state index contributed by atoms with van der Waals surface area (Å²) >= 11 is 0.